The van der Waals surface area contributed by atoms with E-state index in [1.807, 2.05) is 19.1 Å². The van der Waals surface area contributed by atoms with Gasteiger partial charge in [0.2, 0.25) is 0 Å². The van der Waals surface area contributed by atoms with Gasteiger partial charge in [0.25, 0.3) is 5.91 Å². The summed E-state index contributed by atoms with van der Waals surface area (Å²) >= 11 is 2.69. The summed E-state index contributed by atoms with van der Waals surface area (Å²) in [6.45, 7) is 2.99. The molecule has 0 aliphatic carbocycles. The number of allylic oxidation sites excluding steroid dienone is 2. The van der Waals surface area contributed by atoms with Crippen LogP contribution >= 0.6 is 23.1 Å². The summed E-state index contributed by atoms with van der Waals surface area (Å²) in [5.41, 5.74) is 5.78. The summed E-state index contributed by atoms with van der Waals surface area (Å²) in [6.07, 6.45) is 2.69. The van der Waals surface area contributed by atoms with Crippen LogP contribution in [-0.4, -0.2) is 41.7 Å². The Hall–Kier alpha value is -3.30. The number of amides is 1. The molecule has 4 heterocycles. The van der Waals surface area contributed by atoms with Gasteiger partial charge in [-0.2, -0.15) is 15.8 Å². The number of hydrogen-bond donors (Lipinski definition) is 1. The van der Waals surface area contributed by atoms with E-state index in [2.05, 4.69) is 11.1 Å². The first-order valence-corrected chi connectivity index (χ1v) is 11.6. The predicted octanol–water partition coefficient (Wildman–Crippen LogP) is 2.90. The van der Waals surface area contributed by atoms with Crippen LogP contribution in [0.4, 0.5) is 5.13 Å². The lowest BCUT2D eigenvalue weighted by Gasteiger charge is -2.26. The minimum atomic E-state index is -0.452. The molecule has 0 bridgehead atoms. The normalized spacial score (nSPS) is 22.4. The van der Waals surface area contributed by atoms with E-state index in [-0.39, 0.29) is 27.7 Å². The van der Waals surface area contributed by atoms with Crippen LogP contribution in [0.2, 0.25) is 0 Å². The van der Waals surface area contributed by atoms with Crippen molar-refractivity contribution in [2.75, 3.05) is 25.5 Å². The Morgan fingerprint density at radius 3 is 2.75 bits per heavy atom. The fraction of sp³-hybridized carbons (Fsp3) is 0.381. The highest BCUT2D eigenvalue weighted by atomic mass is 32.2. The number of fused-ring (bicyclic) bond motifs is 1. The molecule has 0 spiro atoms. The smallest absolute Gasteiger partial charge is 0.261 e. The fourth-order valence-corrected chi connectivity index (χ4v) is 6.15. The van der Waals surface area contributed by atoms with Crippen molar-refractivity contribution >= 4 is 34.1 Å². The number of thiazole rings is 1. The Bertz CT molecular complexity index is 1180. The lowest BCUT2D eigenvalue weighted by molar-refractivity contribution is -0.124. The minimum Gasteiger partial charge on any atom is -0.491 e. The number of rotatable bonds is 5. The Balaban J connectivity index is 1.86. The summed E-state index contributed by atoms with van der Waals surface area (Å²) in [6, 6.07) is 5.72. The number of ether oxygens (including phenoxy) is 2. The van der Waals surface area contributed by atoms with E-state index < -0.39 is 12.0 Å². The molecular formula is C21H18N6O3S2. The third kappa shape index (κ3) is 3.53. The second kappa shape index (κ2) is 9.05. The third-order valence-corrected chi connectivity index (χ3v) is 7.67. The van der Waals surface area contributed by atoms with Crippen LogP contribution in [-0.2, 0) is 14.3 Å². The summed E-state index contributed by atoms with van der Waals surface area (Å²) in [5, 5.41) is 29.1. The summed E-state index contributed by atoms with van der Waals surface area (Å²) in [4.78, 5) is 20.4. The second-order valence-corrected chi connectivity index (χ2v) is 9.34. The number of carbonyl (C=O) groups is 1. The summed E-state index contributed by atoms with van der Waals surface area (Å²) < 4.78 is 11.9. The topological polar surface area (TPSA) is 149 Å². The van der Waals surface area contributed by atoms with E-state index in [1.165, 1.54) is 28.0 Å². The molecule has 1 saturated heterocycles. The number of anilines is 1. The molecule has 2 N–H and O–H groups in total. The van der Waals surface area contributed by atoms with Crippen LogP contribution in [0.5, 0.6) is 0 Å². The number of thioether (sulfide) groups is 1. The van der Waals surface area contributed by atoms with E-state index in [4.69, 9.17) is 15.2 Å². The molecule has 1 aromatic rings. The van der Waals surface area contributed by atoms with Crippen LogP contribution in [0.1, 0.15) is 29.9 Å². The van der Waals surface area contributed by atoms with Crippen molar-refractivity contribution in [3.05, 3.63) is 44.2 Å². The number of carbonyl (C=O) groups excluding carboxylic acids is 1. The average Bonchev–Trinajstić information content (AvgIpc) is 3.47. The first-order chi connectivity index (χ1) is 15.5. The van der Waals surface area contributed by atoms with Gasteiger partial charge in [-0.15, -0.1) is 23.1 Å². The molecule has 0 radical (unpaired) electrons. The van der Waals surface area contributed by atoms with Crippen molar-refractivity contribution < 1.29 is 14.3 Å². The molecule has 2 unspecified atom stereocenters. The molecule has 2 atom stereocenters. The van der Waals surface area contributed by atoms with Crippen LogP contribution in [0.3, 0.4) is 0 Å². The Morgan fingerprint density at radius 1 is 1.34 bits per heavy atom. The van der Waals surface area contributed by atoms with Crippen molar-refractivity contribution in [2.24, 2.45) is 0 Å². The monoisotopic (exact) mass is 466 g/mol. The highest BCUT2D eigenvalue weighted by Crippen LogP contribution is 2.56. The van der Waals surface area contributed by atoms with E-state index >= 15 is 0 Å². The lowest BCUT2D eigenvalue weighted by Crippen LogP contribution is -2.29. The first-order valence-electron chi connectivity index (χ1n) is 9.93. The lowest BCUT2D eigenvalue weighted by atomic mass is 10.0. The fourth-order valence-electron chi connectivity index (χ4n) is 3.81. The molecule has 9 nitrogen and oxygen atoms in total. The highest BCUT2D eigenvalue weighted by molar-refractivity contribution is 8.04. The maximum absolute atomic E-state index is 13.5. The largest absolute Gasteiger partial charge is 0.491 e. The number of nitrogen functional groups attached to an aromatic ring is 1. The van der Waals surface area contributed by atoms with Crippen molar-refractivity contribution in [1.29, 1.82) is 15.8 Å². The van der Waals surface area contributed by atoms with Crippen LogP contribution < -0.4 is 5.73 Å². The van der Waals surface area contributed by atoms with Gasteiger partial charge in [0.15, 0.2) is 10.7 Å². The first kappa shape index (κ1) is 21.9. The summed E-state index contributed by atoms with van der Waals surface area (Å²) in [5.74, 6) is 0.0712. The molecule has 32 heavy (non-hydrogen) atoms. The number of aromatic nitrogens is 1. The molecule has 3 aliphatic heterocycles. The molecule has 0 saturated carbocycles. The van der Waals surface area contributed by atoms with Crippen molar-refractivity contribution in [3.63, 3.8) is 0 Å². The van der Waals surface area contributed by atoms with Gasteiger partial charge in [0, 0.05) is 17.6 Å². The number of hydrogen-bond acceptors (Lipinski definition) is 10. The molecule has 3 aliphatic rings. The maximum Gasteiger partial charge on any atom is 0.261 e. The average molecular weight is 467 g/mol. The van der Waals surface area contributed by atoms with Crippen LogP contribution in [0.25, 0.3) is 0 Å². The predicted molar refractivity (Wildman–Crippen MR) is 117 cm³/mol. The standard InChI is InChI=1S/C21H18N6O3S2/c1-2-3-4-27-15(11(7-22)8-23)12(9-24)14(20(27)28)19-17-16(29-5-6-30-17)18(32-19)13-10-26-21(25)31-13/h10,16,18H,2-6H2,1H3,(H2,25,26). The quantitative estimate of drug-likeness (QED) is 0.646. The van der Waals surface area contributed by atoms with E-state index in [9.17, 15) is 20.6 Å². The van der Waals surface area contributed by atoms with Gasteiger partial charge >= 0.3 is 0 Å². The third-order valence-electron chi connectivity index (χ3n) is 5.21. The molecule has 1 aromatic heterocycles. The number of nitriles is 3. The van der Waals surface area contributed by atoms with Crippen LogP contribution in [0, 0.1) is 34.0 Å². The number of nitrogens with zero attached hydrogens (tertiary/aromatic N) is 5. The molecule has 0 aromatic carbocycles. The van der Waals surface area contributed by atoms with E-state index in [0.29, 0.717) is 42.0 Å². The Morgan fingerprint density at radius 2 is 2.12 bits per heavy atom. The number of unbranched alkanes of at least 4 members (excludes halogenated alkanes) is 1. The molecule has 1 amide bonds. The van der Waals surface area contributed by atoms with Gasteiger partial charge in [-0.3, -0.25) is 4.79 Å². The van der Waals surface area contributed by atoms with Gasteiger partial charge < -0.3 is 20.1 Å². The number of nitrogens with two attached hydrogens (primary N) is 1. The highest BCUT2D eigenvalue weighted by Gasteiger charge is 2.48. The van der Waals surface area contributed by atoms with Crippen molar-refractivity contribution in [1.82, 2.24) is 9.88 Å². The Labute approximate surface area is 193 Å². The van der Waals surface area contributed by atoms with Gasteiger partial charge in [-0.25, -0.2) is 4.98 Å². The van der Waals surface area contributed by atoms with Gasteiger partial charge in [0.1, 0.15) is 36.7 Å². The Kier molecular flexibility index (Phi) is 6.20. The van der Waals surface area contributed by atoms with E-state index in [0.717, 1.165) is 11.3 Å². The summed E-state index contributed by atoms with van der Waals surface area (Å²) in [7, 11) is 0. The second-order valence-electron chi connectivity index (χ2n) is 7.09. The zero-order valence-electron chi connectivity index (χ0n) is 17.1. The van der Waals surface area contributed by atoms with Gasteiger partial charge in [-0.05, 0) is 6.42 Å². The molecular weight excluding hydrogens is 448 g/mol. The molecule has 4 rings (SSSR count). The molecule has 162 valence electrons. The molecule has 1 fully saturated rings. The van der Waals surface area contributed by atoms with Crippen molar-refractivity contribution in [2.45, 2.75) is 31.1 Å². The zero-order valence-corrected chi connectivity index (χ0v) is 18.8. The van der Waals surface area contributed by atoms with Crippen LogP contribution in [0.15, 0.2) is 39.3 Å². The van der Waals surface area contributed by atoms with Crippen molar-refractivity contribution in [3.8, 4) is 18.2 Å². The van der Waals surface area contributed by atoms with Gasteiger partial charge in [-0.1, -0.05) is 13.3 Å². The van der Waals surface area contributed by atoms with E-state index in [1.54, 1.807) is 6.20 Å². The molecule has 11 heteroatoms. The zero-order chi connectivity index (χ0) is 22.8. The minimum absolute atomic E-state index is 0.0107. The SMILES string of the molecule is CCCCN1C(=O)C(C2=C3OCCOC3C(c3cnc(N)s3)S2)=C(C#N)C1=C(C#N)C#N. The maximum atomic E-state index is 13.5. The van der Waals surface area contributed by atoms with Gasteiger partial charge in [0.05, 0.1) is 33.6 Å².